The number of rotatable bonds is 3. The number of anilines is 2. The smallest absolute Gasteiger partial charge is 0.229 e. The van der Waals surface area contributed by atoms with E-state index in [1.807, 2.05) is 0 Å². The fraction of sp³-hybridized carbons (Fsp3) is 0.176. The number of nitrogens with zero attached hydrogens (tertiary/aromatic N) is 1. The number of halogens is 3. The third-order valence-corrected chi connectivity index (χ3v) is 4.42. The second-order valence-electron chi connectivity index (χ2n) is 5.53. The molecule has 4 nitrogen and oxygen atoms in total. The Morgan fingerprint density at radius 2 is 1.75 bits per heavy atom. The molecule has 1 saturated heterocycles. The summed E-state index contributed by atoms with van der Waals surface area (Å²) in [6.07, 6.45) is 0.145. The zero-order valence-corrected chi connectivity index (χ0v) is 14.7. The lowest BCUT2D eigenvalue weighted by atomic mass is 10.1. The minimum Gasteiger partial charge on any atom is -0.326 e. The van der Waals surface area contributed by atoms with Gasteiger partial charge in [-0.1, -0.05) is 40.9 Å². The van der Waals surface area contributed by atoms with Crippen LogP contribution in [0.25, 0.3) is 0 Å². The van der Waals surface area contributed by atoms with Crippen molar-refractivity contribution in [3.05, 3.63) is 57.5 Å². The number of hydrogen-bond donors (Lipinski definition) is 1. The van der Waals surface area contributed by atoms with Crippen molar-refractivity contribution >= 4 is 58.0 Å². The van der Waals surface area contributed by atoms with Crippen LogP contribution in [0.2, 0.25) is 15.1 Å². The summed E-state index contributed by atoms with van der Waals surface area (Å²) in [7, 11) is 0. The Bertz CT molecular complexity index is 790. The maximum atomic E-state index is 12.4. The van der Waals surface area contributed by atoms with E-state index in [-0.39, 0.29) is 18.2 Å². The Hall–Kier alpha value is -1.75. The normalized spacial score (nSPS) is 17.2. The predicted octanol–water partition coefficient (Wildman–Crippen LogP) is 4.64. The Kier molecular flexibility index (Phi) is 4.99. The molecule has 2 aromatic carbocycles. The van der Waals surface area contributed by atoms with Gasteiger partial charge in [0.05, 0.1) is 5.92 Å². The summed E-state index contributed by atoms with van der Waals surface area (Å²) in [5.41, 5.74) is 1.19. The number of carbonyl (C=O) groups is 2. The van der Waals surface area contributed by atoms with Gasteiger partial charge in [0.25, 0.3) is 0 Å². The predicted molar refractivity (Wildman–Crippen MR) is 97.0 cm³/mol. The first-order valence-corrected chi connectivity index (χ1v) is 8.38. The SMILES string of the molecule is O=C(Nc1cc(Cl)cc(Cl)c1)C1CC(=O)N(c2cccc(Cl)c2)C1. The van der Waals surface area contributed by atoms with Gasteiger partial charge in [0.2, 0.25) is 11.8 Å². The molecule has 24 heavy (non-hydrogen) atoms. The third-order valence-electron chi connectivity index (χ3n) is 3.75. The fourth-order valence-electron chi connectivity index (χ4n) is 2.65. The number of carbonyl (C=O) groups excluding carboxylic acids is 2. The highest BCUT2D eigenvalue weighted by Gasteiger charge is 2.35. The highest BCUT2D eigenvalue weighted by Crippen LogP contribution is 2.28. The maximum Gasteiger partial charge on any atom is 0.229 e. The van der Waals surface area contributed by atoms with Crippen LogP contribution in [-0.2, 0) is 9.59 Å². The molecule has 0 saturated carbocycles. The van der Waals surface area contributed by atoms with Gasteiger partial charge < -0.3 is 10.2 Å². The van der Waals surface area contributed by atoms with Crippen LogP contribution in [0.1, 0.15) is 6.42 Å². The van der Waals surface area contributed by atoms with Crippen LogP contribution in [0, 0.1) is 5.92 Å². The van der Waals surface area contributed by atoms with Crippen molar-refractivity contribution in [1.29, 1.82) is 0 Å². The van der Waals surface area contributed by atoms with Gasteiger partial charge in [-0.15, -0.1) is 0 Å². The van der Waals surface area contributed by atoms with Crippen molar-refractivity contribution < 1.29 is 9.59 Å². The van der Waals surface area contributed by atoms with Crippen molar-refractivity contribution in [2.24, 2.45) is 5.92 Å². The number of amides is 2. The van der Waals surface area contributed by atoms with Crippen LogP contribution < -0.4 is 10.2 Å². The molecule has 7 heteroatoms. The van der Waals surface area contributed by atoms with Crippen LogP contribution in [0.3, 0.4) is 0 Å². The number of benzene rings is 2. The van der Waals surface area contributed by atoms with Gasteiger partial charge in [0, 0.05) is 39.4 Å². The molecule has 1 fully saturated rings. The summed E-state index contributed by atoms with van der Waals surface area (Å²) in [6, 6.07) is 11.8. The van der Waals surface area contributed by atoms with Crippen molar-refractivity contribution in [3.63, 3.8) is 0 Å². The van der Waals surface area contributed by atoms with E-state index in [1.165, 1.54) is 0 Å². The van der Waals surface area contributed by atoms with E-state index in [9.17, 15) is 9.59 Å². The molecule has 1 aliphatic heterocycles. The summed E-state index contributed by atoms with van der Waals surface area (Å²) in [5, 5.41) is 4.16. The van der Waals surface area contributed by atoms with Crippen molar-refractivity contribution in [3.8, 4) is 0 Å². The molecule has 2 amide bonds. The Balaban J connectivity index is 1.72. The summed E-state index contributed by atoms with van der Waals surface area (Å²) >= 11 is 17.8. The Labute approximate surface area is 154 Å². The number of hydrogen-bond acceptors (Lipinski definition) is 2. The van der Waals surface area contributed by atoms with Crippen LogP contribution in [0.5, 0.6) is 0 Å². The molecule has 1 atom stereocenters. The first-order chi connectivity index (χ1) is 11.4. The van der Waals surface area contributed by atoms with E-state index in [0.717, 1.165) is 0 Å². The average Bonchev–Trinajstić information content (AvgIpc) is 2.88. The summed E-state index contributed by atoms with van der Waals surface area (Å²) in [5.74, 6) is -0.804. The van der Waals surface area contributed by atoms with Crippen molar-refractivity contribution in [2.45, 2.75) is 6.42 Å². The van der Waals surface area contributed by atoms with Gasteiger partial charge >= 0.3 is 0 Å². The highest BCUT2D eigenvalue weighted by atomic mass is 35.5. The van der Waals surface area contributed by atoms with Gasteiger partial charge in [-0.05, 0) is 36.4 Å². The lowest BCUT2D eigenvalue weighted by molar-refractivity contribution is -0.122. The molecule has 1 heterocycles. The van der Waals surface area contributed by atoms with E-state index >= 15 is 0 Å². The van der Waals surface area contributed by atoms with E-state index in [2.05, 4.69) is 5.32 Å². The van der Waals surface area contributed by atoms with Gasteiger partial charge in [-0.2, -0.15) is 0 Å². The first-order valence-electron chi connectivity index (χ1n) is 7.25. The van der Waals surface area contributed by atoms with E-state index < -0.39 is 5.92 Å². The molecule has 1 aliphatic rings. The molecule has 0 aromatic heterocycles. The molecular weight excluding hydrogens is 371 g/mol. The topological polar surface area (TPSA) is 49.4 Å². The zero-order chi connectivity index (χ0) is 17.3. The standard InChI is InChI=1S/C17H13Cl3N2O2/c18-11-2-1-3-15(8-11)22-9-10(4-16(22)23)17(24)21-14-6-12(19)5-13(20)7-14/h1-3,5-8,10H,4,9H2,(H,21,24). The van der Waals surface area contributed by atoms with Crippen LogP contribution in [-0.4, -0.2) is 18.4 Å². The molecule has 2 aromatic rings. The van der Waals surface area contributed by atoms with E-state index in [4.69, 9.17) is 34.8 Å². The molecule has 0 aliphatic carbocycles. The molecule has 3 rings (SSSR count). The molecule has 0 spiro atoms. The third kappa shape index (κ3) is 3.83. The average molecular weight is 384 g/mol. The van der Waals surface area contributed by atoms with Crippen LogP contribution in [0.15, 0.2) is 42.5 Å². The van der Waals surface area contributed by atoms with Gasteiger partial charge in [0.1, 0.15) is 0 Å². The summed E-state index contributed by atoms with van der Waals surface area (Å²) < 4.78 is 0. The van der Waals surface area contributed by atoms with E-state index in [1.54, 1.807) is 47.4 Å². The molecule has 0 radical (unpaired) electrons. The molecule has 124 valence electrons. The second kappa shape index (κ2) is 7.01. The van der Waals surface area contributed by atoms with Crippen molar-refractivity contribution in [1.82, 2.24) is 0 Å². The van der Waals surface area contributed by atoms with Gasteiger partial charge in [0.15, 0.2) is 0 Å². The molecule has 1 unspecified atom stereocenters. The fourth-order valence-corrected chi connectivity index (χ4v) is 3.36. The Morgan fingerprint density at radius 3 is 2.42 bits per heavy atom. The molecule has 1 N–H and O–H groups in total. The molecular formula is C17H13Cl3N2O2. The lowest BCUT2D eigenvalue weighted by Gasteiger charge is -2.17. The zero-order valence-electron chi connectivity index (χ0n) is 12.4. The summed E-state index contributed by atoms with van der Waals surface area (Å²) in [6.45, 7) is 0.305. The van der Waals surface area contributed by atoms with E-state index in [0.29, 0.717) is 33.0 Å². The second-order valence-corrected chi connectivity index (χ2v) is 6.84. The van der Waals surface area contributed by atoms with Crippen molar-refractivity contribution in [2.75, 3.05) is 16.8 Å². The monoisotopic (exact) mass is 382 g/mol. The quantitative estimate of drug-likeness (QED) is 0.839. The summed E-state index contributed by atoms with van der Waals surface area (Å²) in [4.78, 5) is 26.2. The number of nitrogens with one attached hydrogen (secondary N) is 1. The Morgan fingerprint density at radius 1 is 1.04 bits per heavy atom. The van der Waals surface area contributed by atoms with Gasteiger partial charge in [-0.25, -0.2) is 0 Å². The van der Waals surface area contributed by atoms with Crippen LogP contribution >= 0.6 is 34.8 Å². The minimum absolute atomic E-state index is 0.110. The molecule has 0 bridgehead atoms. The lowest BCUT2D eigenvalue weighted by Crippen LogP contribution is -2.28. The largest absolute Gasteiger partial charge is 0.326 e. The first kappa shape index (κ1) is 17.1. The van der Waals surface area contributed by atoms with Gasteiger partial charge in [-0.3, -0.25) is 9.59 Å². The highest BCUT2D eigenvalue weighted by molar-refractivity contribution is 6.35. The van der Waals surface area contributed by atoms with Crippen LogP contribution in [0.4, 0.5) is 11.4 Å². The minimum atomic E-state index is -0.450. The maximum absolute atomic E-state index is 12.4.